The van der Waals surface area contributed by atoms with Gasteiger partial charge in [-0.2, -0.15) is 0 Å². The maximum absolute atomic E-state index is 12.8. The molecule has 0 unspecified atom stereocenters. The third kappa shape index (κ3) is 6.17. The van der Waals surface area contributed by atoms with E-state index in [1.54, 1.807) is 6.07 Å². The molecule has 1 aliphatic heterocycles. The number of carbonyl (C=O) groups excluding carboxylic acids is 1. The Kier molecular flexibility index (Phi) is 7.30. The van der Waals surface area contributed by atoms with Gasteiger partial charge in [-0.1, -0.05) is 18.2 Å². The normalized spacial score (nSPS) is 22.2. The molecule has 1 fully saturated rings. The molecule has 7 nitrogen and oxygen atoms in total. The van der Waals surface area contributed by atoms with E-state index in [2.05, 4.69) is 12.2 Å². The van der Waals surface area contributed by atoms with Crippen molar-refractivity contribution in [3.63, 3.8) is 0 Å². The molecule has 3 rings (SSSR count). The first-order chi connectivity index (χ1) is 13.4. The standard InChI is InChI=1S/C20H28NO6P/c22-20(15-27-17-8-4-10-19(12-17)28(23,24)25)21(14-18-9-5-11-26-18)13-16-6-2-1-3-7-16/h1-2,4,8,10,12,16,18H,3,5-7,9,11,13-15H2,(H2,23,24,25)/t16-,18+/m0/s1. The lowest BCUT2D eigenvalue weighted by Crippen LogP contribution is -2.43. The van der Waals surface area contributed by atoms with Crippen LogP contribution >= 0.6 is 7.60 Å². The second-order valence-electron chi connectivity index (χ2n) is 7.41. The van der Waals surface area contributed by atoms with Gasteiger partial charge in [0, 0.05) is 19.7 Å². The third-order valence-corrected chi connectivity index (χ3v) is 6.12. The number of hydrogen-bond acceptors (Lipinski definition) is 4. The molecule has 154 valence electrons. The highest BCUT2D eigenvalue weighted by molar-refractivity contribution is 7.60. The minimum atomic E-state index is -4.35. The van der Waals surface area contributed by atoms with Crippen molar-refractivity contribution in [1.82, 2.24) is 4.90 Å². The average Bonchev–Trinajstić information content (AvgIpc) is 3.19. The van der Waals surface area contributed by atoms with Crippen LogP contribution in [-0.2, 0) is 14.1 Å². The Labute approximate surface area is 165 Å². The SMILES string of the molecule is O=C(COc1cccc(P(=O)(O)O)c1)N(C[C@H]1CC=CCC1)C[C@H]1CCCO1. The van der Waals surface area contributed by atoms with Gasteiger partial charge in [0.1, 0.15) is 5.75 Å². The van der Waals surface area contributed by atoms with Crippen molar-refractivity contribution in [3.05, 3.63) is 36.4 Å². The maximum Gasteiger partial charge on any atom is 0.356 e. The molecule has 1 aromatic carbocycles. The summed E-state index contributed by atoms with van der Waals surface area (Å²) in [4.78, 5) is 33.2. The summed E-state index contributed by atoms with van der Waals surface area (Å²) in [5.74, 6) is 0.576. The second-order valence-corrected chi connectivity index (χ2v) is 9.02. The largest absolute Gasteiger partial charge is 0.484 e. The van der Waals surface area contributed by atoms with Crippen molar-refractivity contribution in [2.75, 3.05) is 26.3 Å². The average molecular weight is 409 g/mol. The fraction of sp³-hybridized carbons (Fsp3) is 0.550. The molecule has 0 aromatic heterocycles. The van der Waals surface area contributed by atoms with E-state index in [0.717, 1.165) is 38.7 Å². The van der Waals surface area contributed by atoms with E-state index >= 15 is 0 Å². The summed E-state index contributed by atoms with van der Waals surface area (Å²) in [6, 6.07) is 5.72. The van der Waals surface area contributed by atoms with Crippen LogP contribution < -0.4 is 10.0 Å². The van der Waals surface area contributed by atoms with Gasteiger partial charge in [0.05, 0.1) is 11.4 Å². The van der Waals surface area contributed by atoms with Gasteiger partial charge >= 0.3 is 7.60 Å². The van der Waals surface area contributed by atoms with E-state index < -0.39 is 7.60 Å². The zero-order valence-corrected chi connectivity index (χ0v) is 16.8. The predicted octanol–water partition coefficient (Wildman–Crippen LogP) is 2.23. The number of allylic oxidation sites excluding steroid dienone is 2. The van der Waals surface area contributed by atoms with E-state index in [1.807, 2.05) is 4.90 Å². The molecule has 1 amide bonds. The van der Waals surface area contributed by atoms with Crippen molar-refractivity contribution in [2.24, 2.45) is 5.92 Å². The zero-order valence-electron chi connectivity index (χ0n) is 15.9. The van der Waals surface area contributed by atoms with Crippen molar-refractivity contribution in [3.8, 4) is 5.75 Å². The van der Waals surface area contributed by atoms with Gasteiger partial charge < -0.3 is 24.2 Å². The quantitative estimate of drug-likeness (QED) is 0.505. The van der Waals surface area contributed by atoms with E-state index in [1.165, 1.54) is 18.2 Å². The Hall–Kier alpha value is -1.66. The first-order valence-corrected chi connectivity index (χ1v) is 11.4. The van der Waals surface area contributed by atoms with E-state index in [-0.39, 0.29) is 29.7 Å². The smallest absolute Gasteiger partial charge is 0.356 e. The molecule has 0 saturated carbocycles. The Morgan fingerprint density at radius 3 is 2.79 bits per heavy atom. The van der Waals surface area contributed by atoms with Crippen LogP contribution in [0.5, 0.6) is 5.75 Å². The number of ether oxygens (including phenoxy) is 2. The van der Waals surface area contributed by atoms with Crippen LogP contribution in [0.15, 0.2) is 36.4 Å². The summed E-state index contributed by atoms with van der Waals surface area (Å²) in [5.41, 5.74) is 0. The first-order valence-electron chi connectivity index (χ1n) is 9.75. The van der Waals surface area contributed by atoms with Crippen LogP contribution in [0.4, 0.5) is 0 Å². The lowest BCUT2D eigenvalue weighted by atomic mass is 9.94. The minimum absolute atomic E-state index is 0.0704. The number of hydrogen-bond donors (Lipinski definition) is 2. The molecule has 1 saturated heterocycles. The summed E-state index contributed by atoms with van der Waals surface area (Å²) in [6.07, 6.45) is 9.48. The van der Waals surface area contributed by atoms with E-state index in [0.29, 0.717) is 19.0 Å². The third-order valence-electron chi connectivity index (χ3n) is 5.17. The highest BCUT2D eigenvalue weighted by Crippen LogP contribution is 2.34. The van der Waals surface area contributed by atoms with Gasteiger partial charge in [-0.25, -0.2) is 0 Å². The number of carbonyl (C=O) groups is 1. The molecule has 0 radical (unpaired) electrons. The Morgan fingerprint density at radius 1 is 1.25 bits per heavy atom. The van der Waals surface area contributed by atoms with Crippen LogP contribution in [0.1, 0.15) is 32.1 Å². The molecule has 0 bridgehead atoms. The highest BCUT2D eigenvalue weighted by Gasteiger charge is 2.25. The molecular formula is C20H28NO6P. The van der Waals surface area contributed by atoms with E-state index in [4.69, 9.17) is 9.47 Å². The number of benzene rings is 1. The molecule has 1 heterocycles. The van der Waals surface area contributed by atoms with Gasteiger partial charge in [-0.05, 0) is 56.2 Å². The monoisotopic (exact) mass is 409 g/mol. The van der Waals surface area contributed by atoms with Crippen molar-refractivity contribution in [2.45, 2.75) is 38.2 Å². The molecule has 2 aliphatic rings. The number of rotatable bonds is 8. The van der Waals surface area contributed by atoms with Crippen molar-refractivity contribution >= 4 is 18.8 Å². The second kappa shape index (κ2) is 9.70. The molecule has 1 aliphatic carbocycles. The highest BCUT2D eigenvalue weighted by atomic mass is 31.2. The van der Waals surface area contributed by atoms with Crippen LogP contribution in [0.2, 0.25) is 0 Å². The molecule has 2 N–H and O–H groups in total. The summed E-state index contributed by atoms with van der Waals surface area (Å²) in [5, 5.41) is -0.123. The summed E-state index contributed by atoms with van der Waals surface area (Å²) in [6.45, 7) is 1.81. The molecule has 1 aromatic rings. The van der Waals surface area contributed by atoms with E-state index in [9.17, 15) is 19.1 Å². The van der Waals surface area contributed by atoms with Crippen molar-refractivity contribution in [1.29, 1.82) is 0 Å². The number of amides is 1. The van der Waals surface area contributed by atoms with Gasteiger partial charge in [0.15, 0.2) is 6.61 Å². The van der Waals surface area contributed by atoms with Gasteiger partial charge in [-0.15, -0.1) is 0 Å². The Balaban J connectivity index is 1.61. The topological polar surface area (TPSA) is 96.3 Å². The van der Waals surface area contributed by atoms with Crippen LogP contribution in [0.3, 0.4) is 0 Å². The summed E-state index contributed by atoms with van der Waals surface area (Å²) in [7, 11) is -4.35. The van der Waals surface area contributed by atoms with Gasteiger partial charge in [0.2, 0.25) is 0 Å². The Bertz CT molecular complexity index is 740. The maximum atomic E-state index is 12.8. The van der Waals surface area contributed by atoms with Gasteiger partial charge in [-0.3, -0.25) is 9.36 Å². The fourth-order valence-electron chi connectivity index (χ4n) is 3.64. The fourth-order valence-corrected chi connectivity index (χ4v) is 4.21. The summed E-state index contributed by atoms with van der Waals surface area (Å²) < 4.78 is 22.6. The van der Waals surface area contributed by atoms with Crippen LogP contribution in [-0.4, -0.2) is 53.0 Å². The molecule has 0 spiro atoms. The first kappa shape index (κ1) is 21.1. The lowest BCUT2D eigenvalue weighted by Gasteiger charge is -2.30. The minimum Gasteiger partial charge on any atom is -0.484 e. The number of nitrogens with zero attached hydrogens (tertiary/aromatic N) is 1. The van der Waals surface area contributed by atoms with Crippen LogP contribution in [0.25, 0.3) is 0 Å². The lowest BCUT2D eigenvalue weighted by molar-refractivity contribution is -0.135. The molecule has 2 atom stereocenters. The summed E-state index contributed by atoms with van der Waals surface area (Å²) >= 11 is 0. The molecule has 8 heteroatoms. The van der Waals surface area contributed by atoms with Crippen LogP contribution in [0, 0.1) is 5.92 Å². The van der Waals surface area contributed by atoms with Gasteiger partial charge in [0.25, 0.3) is 5.91 Å². The Morgan fingerprint density at radius 2 is 2.11 bits per heavy atom. The van der Waals surface area contributed by atoms with Crippen molar-refractivity contribution < 1.29 is 28.6 Å². The predicted molar refractivity (Wildman–Crippen MR) is 106 cm³/mol. The molecular weight excluding hydrogens is 381 g/mol. The zero-order chi connectivity index (χ0) is 20.0. The molecule has 28 heavy (non-hydrogen) atoms.